The Balaban J connectivity index is 1.24. The molecule has 4 heterocycles. The second-order valence-electron chi connectivity index (χ2n) is 14.6. The van der Waals surface area contributed by atoms with Crippen LogP contribution in [0.2, 0.25) is 0 Å². The summed E-state index contributed by atoms with van der Waals surface area (Å²) in [6, 6.07) is 64.0. The smallest absolute Gasteiger partial charge is 0.333 e. The van der Waals surface area contributed by atoms with Crippen LogP contribution in [0.1, 0.15) is 5.56 Å². The first-order valence-electron chi connectivity index (χ1n) is 18.8. The number of benzene rings is 8. The highest BCUT2D eigenvalue weighted by molar-refractivity contribution is 7.99. The quantitative estimate of drug-likeness (QED) is 0.169. The Hall–Kier alpha value is -6.63. The number of ether oxygens (including phenoxy) is 1. The summed E-state index contributed by atoms with van der Waals surface area (Å²) in [4.78, 5) is 7.24. The third-order valence-electron chi connectivity index (χ3n) is 11.5. The first kappa shape index (κ1) is 30.8. The van der Waals surface area contributed by atoms with Crippen LogP contribution in [0.15, 0.2) is 186 Å². The Morgan fingerprint density at radius 2 is 1.24 bits per heavy atom. The van der Waals surface area contributed by atoms with Crippen LogP contribution in [-0.4, -0.2) is 11.4 Å². The Kier molecular flexibility index (Phi) is 6.54. The summed E-state index contributed by atoms with van der Waals surface area (Å²) < 4.78 is 9.27. The Morgan fingerprint density at radius 1 is 0.527 bits per heavy atom. The van der Waals surface area contributed by atoms with Crippen LogP contribution in [0.4, 0.5) is 28.4 Å². The third-order valence-corrected chi connectivity index (χ3v) is 12.6. The number of aromatic nitrogens is 1. The van der Waals surface area contributed by atoms with Crippen LogP contribution in [0, 0.1) is 6.92 Å². The first-order valence-corrected chi connectivity index (χ1v) is 19.6. The molecule has 8 aromatic carbocycles. The van der Waals surface area contributed by atoms with Crippen molar-refractivity contribution in [3.63, 3.8) is 0 Å². The zero-order chi connectivity index (χ0) is 36.2. The fraction of sp³-hybridized carbons (Fsp3) is 0.0204. The molecule has 0 N–H and O–H groups in total. The molecule has 55 heavy (non-hydrogen) atoms. The lowest BCUT2D eigenvalue weighted by atomic mass is 9.44. The molecule has 0 atom stereocenters. The van der Waals surface area contributed by atoms with E-state index in [1.807, 2.05) is 0 Å². The topological polar surface area (TPSA) is 20.6 Å². The van der Waals surface area contributed by atoms with Crippen LogP contribution >= 0.6 is 11.8 Å². The summed E-state index contributed by atoms with van der Waals surface area (Å²) in [6.07, 6.45) is 0. The van der Waals surface area contributed by atoms with E-state index in [-0.39, 0.29) is 6.85 Å². The summed E-state index contributed by atoms with van der Waals surface area (Å²) >= 11 is 1.79. The molecule has 3 aliphatic rings. The number of aryl methyl sites for hydroxylation is 1. The highest BCUT2D eigenvalue weighted by Crippen LogP contribution is 2.54. The maximum absolute atomic E-state index is 6.72. The molecule has 0 saturated carbocycles. The van der Waals surface area contributed by atoms with Crippen LogP contribution in [0.25, 0.3) is 38.6 Å². The highest BCUT2D eigenvalue weighted by Gasteiger charge is 2.45. The number of nitrogens with zero attached hydrogens (tertiary/aromatic N) is 3. The van der Waals surface area contributed by atoms with Gasteiger partial charge in [-0.05, 0) is 95.7 Å². The van der Waals surface area contributed by atoms with E-state index in [0.29, 0.717) is 0 Å². The van der Waals surface area contributed by atoms with Gasteiger partial charge in [-0.1, -0.05) is 115 Å². The van der Waals surface area contributed by atoms with Gasteiger partial charge in [-0.25, -0.2) is 0 Å². The molecule has 0 unspecified atom stereocenters. The molecule has 0 spiro atoms. The molecule has 0 saturated heterocycles. The fourth-order valence-corrected chi connectivity index (χ4v) is 10.2. The number of fused-ring (bicyclic) bond motifs is 9. The average Bonchev–Trinajstić information content (AvgIpc) is 3.58. The standard InChI is InChI=1S/C49H32BN3OS/c1-31-15-8-10-23-40(31)53-42-30-45-47(55-46-26-13-12-25-44(46)54-45)29-37(42)38-27-34(51(32-16-4-2-5-17-32)33-18-6-3-7-19-33)28-43-48(38)50(53)39-22-14-21-36-35-20-9-11-24-41(35)52(43)49(36)39/h2-30H,1H3. The van der Waals surface area contributed by atoms with Gasteiger partial charge in [0, 0.05) is 56.5 Å². The highest BCUT2D eigenvalue weighted by atomic mass is 32.2. The van der Waals surface area contributed by atoms with Gasteiger partial charge >= 0.3 is 6.85 Å². The largest absolute Gasteiger partial charge is 0.455 e. The summed E-state index contributed by atoms with van der Waals surface area (Å²) in [5.41, 5.74) is 15.6. The lowest BCUT2D eigenvalue weighted by Gasteiger charge is -2.43. The van der Waals surface area contributed by atoms with Gasteiger partial charge in [0.2, 0.25) is 0 Å². The fourth-order valence-electron chi connectivity index (χ4n) is 9.21. The molecule has 3 aliphatic heterocycles. The maximum atomic E-state index is 6.72. The molecule has 1 aromatic heterocycles. The van der Waals surface area contributed by atoms with E-state index in [9.17, 15) is 0 Å². The Labute approximate surface area is 324 Å². The molecule has 4 nitrogen and oxygen atoms in total. The molecule has 0 radical (unpaired) electrons. The zero-order valence-electron chi connectivity index (χ0n) is 30.0. The number of para-hydroxylation sites is 6. The van der Waals surface area contributed by atoms with Crippen molar-refractivity contribution in [2.45, 2.75) is 16.7 Å². The van der Waals surface area contributed by atoms with Gasteiger partial charge in [0.25, 0.3) is 0 Å². The van der Waals surface area contributed by atoms with E-state index in [1.165, 1.54) is 60.8 Å². The molecular weight excluding hydrogens is 689 g/mol. The summed E-state index contributed by atoms with van der Waals surface area (Å²) in [6.45, 7) is 2.14. The molecule has 258 valence electrons. The van der Waals surface area contributed by atoms with E-state index in [1.54, 1.807) is 11.8 Å². The Bertz CT molecular complexity index is 2990. The lowest BCUT2D eigenvalue weighted by Crippen LogP contribution is -2.60. The van der Waals surface area contributed by atoms with E-state index in [4.69, 9.17) is 4.74 Å². The minimum Gasteiger partial charge on any atom is -0.455 e. The molecule has 0 amide bonds. The van der Waals surface area contributed by atoms with Gasteiger partial charge in [0.05, 0.1) is 20.8 Å². The van der Waals surface area contributed by atoms with Crippen LogP contribution in [0.5, 0.6) is 11.5 Å². The second kappa shape index (κ2) is 11.7. The van der Waals surface area contributed by atoms with Gasteiger partial charge < -0.3 is 19.0 Å². The van der Waals surface area contributed by atoms with Crippen molar-refractivity contribution in [3.8, 4) is 28.3 Å². The van der Waals surface area contributed by atoms with Crippen LogP contribution in [0.3, 0.4) is 0 Å². The van der Waals surface area contributed by atoms with Gasteiger partial charge in [0.15, 0.2) is 0 Å². The molecule has 6 heteroatoms. The van der Waals surface area contributed by atoms with Crippen LogP contribution < -0.4 is 25.4 Å². The SMILES string of the molecule is Cc1ccccc1N1B2c3c(cc(N(c4ccccc4)c4ccccc4)cc3-n3c4ccccc4c4cccc2c43)-c2cc3c(cc21)Oc1ccccc1S3. The first-order chi connectivity index (χ1) is 27.2. The van der Waals surface area contributed by atoms with E-state index >= 15 is 0 Å². The van der Waals surface area contributed by atoms with Crippen molar-refractivity contribution < 1.29 is 4.74 Å². The minimum atomic E-state index is -0.0864. The molecular formula is C49H32BN3OS. The average molecular weight is 722 g/mol. The molecule has 0 aliphatic carbocycles. The van der Waals surface area contributed by atoms with Crippen molar-refractivity contribution in [1.82, 2.24) is 4.57 Å². The molecule has 12 rings (SSSR count). The molecule has 0 bridgehead atoms. The minimum absolute atomic E-state index is 0.0864. The monoisotopic (exact) mass is 721 g/mol. The van der Waals surface area contributed by atoms with Crippen molar-refractivity contribution in [3.05, 3.63) is 181 Å². The number of anilines is 5. The summed E-state index contributed by atoms with van der Waals surface area (Å²) in [5.74, 6) is 1.79. The van der Waals surface area contributed by atoms with Crippen molar-refractivity contribution >= 4 is 79.8 Å². The third kappa shape index (κ3) is 4.43. The summed E-state index contributed by atoms with van der Waals surface area (Å²) in [7, 11) is 0. The molecule has 0 fully saturated rings. The van der Waals surface area contributed by atoms with Gasteiger partial charge in [-0.15, -0.1) is 0 Å². The summed E-state index contributed by atoms with van der Waals surface area (Å²) in [5, 5.41) is 2.53. The van der Waals surface area contributed by atoms with Gasteiger partial charge in [0.1, 0.15) is 11.5 Å². The van der Waals surface area contributed by atoms with Gasteiger partial charge in [-0.2, -0.15) is 0 Å². The second-order valence-corrected chi connectivity index (χ2v) is 15.6. The predicted octanol–water partition coefficient (Wildman–Crippen LogP) is 12.1. The van der Waals surface area contributed by atoms with E-state index in [2.05, 4.69) is 197 Å². The van der Waals surface area contributed by atoms with E-state index < -0.39 is 0 Å². The number of hydrogen-bond donors (Lipinski definition) is 0. The lowest BCUT2D eigenvalue weighted by molar-refractivity contribution is 0.455. The van der Waals surface area contributed by atoms with Crippen LogP contribution in [-0.2, 0) is 0 Å². The van der Waals surface area contributed by atoms with Crippen molar-refractivity contribution in [2.24, 2.45) is 0 Å². The maximum Gasteiger partial charge on any atom is 0.333 e. The zero-order valence-corrected chi connectivity index (χ0v) is 30.8. The van der Waals surface area contributed by atoms with Crippen molar-refractivity contribution in [1.29, 1.82) is 0 Å². The number of rotatable bonds is 4. The normalized spacial score (nSPS) is 13.2. The predicted molar refractivity (Wildman–Crippen MR) is 230 cm³/mol. The molecule has 9 aromatic rings. The van der Waals surface area contributed by atoms with E-state index in [0.717, 1.165) is 44.0 Å². The van der Waals surface area contributed by atoms with Crippen molar-refractivity contribution in [2.75, 3.05) is 9.71 Å². The Morgan fingerprint density at radius 3 is 2.05 bits per heavy atom. The van der Waals surface area contributed by atoms with Gasteiger partial charge in [-0.3, -0.25) is 0 Å². The number of hydrogen-bond acceptors (Lipinski definition) is 4.